The van der Waals surface area contributed by atoms with Crippen LogP contribution in [-0.2, 0) is 4.79 Å². The number of rotatable bonds is 1. The van der Waals surface area contributed by atoms with Crippen molar-refractivity contribution >= 4 is 12.0 Å². The van der Waals surface area contributed by atoms with E-state index in [4.69, 9.17) is 5.11 Å². The average Bonchev–Trinajstić information content (AvgIpc) is 2.55. The number of carboxylic acid groups (broad SMARTS) is 1. The Hall–Kier alpha value is -1.30. The molecular weight excluding hydrogens is 210 g/mol. The summed E-state index contributed by atoms with van der Waals surface area (Å²) < 4.78 is 0. The molecule has 2 fully saturated rings. The summed E-state index contributed by atoms with van der Waals surface area (Å²) in [6.07, 6.45) is 1.08. The van der Waals surface area contributed by atoms with E-state index in [9.17, 15) is 9.59 Å². The Balaban J connectivity index is 2.05. The molecule has 2 rings (SSSR count). The van der Waals surface area contributed by atoms with Crippen LogP contribution < -0.4 is 5.43 Å². The quantitative estimate of drug-likeness (QED) is 0.673. The first kappa shape index (κ1) is 11.2. The molecule has 0 aliphatic carbocycles. The van der Waals surface area contributed by atoms with E-state index >= 15 is 0 Å². The van der Waals surface area contributed by atoms with E-state index < -0.39 is 6.09 Å². The van der Waals surface area contributed by atoms with Gasteiger partial charge in [-0.05, 0) is 12.8 Å². The van der Waals surface area contributed by atoms with Gasteiger partial charge in [-0.3, -0.25) is 10.2 Å². The van der Waals surface area contributed by atoms with Crippen LogP contribution in [0.3, 0.4) is 0 Å². The first-order valence-corrected chi connectivity index (χ1v) is 5.62. The third-order valence-corrected chi connectivity index (χ3v) is 3.60. The SMILES string of the molecule is CCN1NC(=O)CC12CCN(C(=O)O)CC2. The molecule has 0 atom stereocenters. The number of hydrazine groups is 1. The van der Waals surface area contributed by atoms with E-state index in [0.717, 1.165) is 19.4 Å². The Morgan fingerprint density at radius 3 is 2.62 bits per heavy atom. The van der Waals surface area contributed by atoms with Crippen LogP contribution in [0.1, 0.15) is 26.2 Å². The van der Waals surface area contributed by atoms with Crippen molar-refractivity contribution in [3.05, 3.63) is 0 Å². The van der Waals surface area contributed by atoms with Crippen molar-refractivity contribution in [2.45, 2.75) is 31.7 Å². The smallest absolute Gasteiger partial charge is 0.407 e. The lowest BCUT2D eigenvalue weighted by Gasteiger charge is -2.42. The number of nitrogens with one attached hydrogen (secondary N) is 1. The third-order valence-electron chi connectivity index (χ3n) is 3.60. The van der Waals surface area contributed by atoms with Gasteiger partial charge in [-0.15, -0.1) is 0 Å². The van der Waals surface area contributed by atoms with Gasteiger partial charge in [-0.2, -0.15) is 0 Å². The van der Waals surface area contributed by atoms with Gasteiger partial charge in [0.15, 0.2) is 0 Å². The minimum Gasteiger partial charge on any atom is -0.465 e. The monoisotopic (exact) mass is 227 g/mol. The minimum atomic E-state index is -0.866. The lowest BCUT2D eigenvalue weighted by Crippen LogP contribution is -2.55. The Labute approximate surface area is 94.2 Å². The zero-order valence-electron chi connectivity index (χ0n) is 9.40. The zero-order chi connectivity index (χ0) is 11.8. The highest BCUT2D eigenvalue weighted by atomic mass is 16.4. The summed E-state index contributed by atoms with van der Waals surface area (Å²) in [6.45, 7) is 3.79. The fraction of sp³-hybridized carbons (Fsp3) is 0.800. The van der Waals surface area contributed by atoms with Crippen LogP contribution in [0.15, 0.2) is 0 Å². The molecule has 2 amide bonds. The summed E-state index contributed by atoms with van der Waals surface area (Å²) in [4.78, 5) is 23.6. The van der Waals surface area contributed by atoms with Gasteiger partial charge in [0.05, 0.1) is 5.54 Å². The maximum Gasteiger partial charge on any atom is 0.407 e. The van der Waals surface area contributed by atoms with Gasteiger partial charge < -0.3 is 10.0 Å². The van der Waals surface area contributed by atoms with E-state index in [-0.39, 0.29) is 11.4 Å². The van der Waals surface area contributed by atoms with Crippen molar-refractivity contribution in [2.75, 3.05) is 19.6 Å². The molecule has 6 nitrogen and oxygen atoms in total. The van der Waals surface area contributed by atoms with Crippen molar-refractivity contribution in [2.24, 2.45) is 0 Å². The van der Waals surface area contributed by atoms with Crippen LogP contribution in [0.4, 0.5) is 4.79 Å². The second-order valence-electron chi connectivity index (χ2n) is 4.45. The highest BCUT2D eigenvalue weighted by molar-refractivity contribution is 5.79. The molecule has 0 aromatic rings. The fourth-order valence-corrected chi connectivity index (χ4v) is 2.68. The van der Waals surface area contributed by atoms with Crippen LogP contribution in [0, 0.1) is 0 Å². The number of amides is 2. The molecule has 90 valence electrons. The molecule has 6 heteroatoms. The highest BCUT2D eigenvalue weighted by Crippen LogP contribution is 2.34. The molecule has 0 radical (unpaired) electrons. The Bertz CT molecular complexity index is 310. The fourth-order valence-electron chi connectivity index (χ4n) is 2.68. The standard InChI is InChI=1S/C10H17N3O3/c1-2-13-10(7-8(14)11-13)3-5-12(6-4-10)9(15)16/h2-7H2,1H3,(H,11,14)(H,15,16). The summed E-state index contributed by atoms with van der Waals surface area (Å²) >= 11 is 0. The molecule has 1 spiro atoms. The second-order valence-corrected chi connectivity index (χ2v) is 4.45. The molecule has 0 bridgehead atoms. The number of likely N-dealkylation sites (tertiary alicyclic amines) is 1. The van der Waals surface area contributed by atoms with Gasteiger partial charge >= 0.3 is 6.09 Å². The number of carbonyl (C=O) groups excluding carboxylic acids is 1. The summed E-state index contributed by atoms with van der Waals surface area (Å²) in [7, 11) is 0. The van der Waals surface area contributed by atoms with E-state index in [1.165, 1.54) is 4.90 Å². The predicted molar refractivity (Wildman–Crippen MR) is 56.7 cm³/mol. The number of piperidine rings is 1. The van der Waals surface area contributed by atoms with Crippen LogP contribution >= 0.6 is 0 Å². The molecule has 0 unspecified atom stereocenters. The van der Waals surface area contributed by atoms with Gasteiger partial charge in [-0.25, -0.2) is 9.80 Å². The molecular formula is C10H17N3O3. The maximum atomic E-state index is 11.4. The average molecular weight is 227 g/mol. The summed E-state index contributed by atoms with van der Waals surface area (Å²) in [5.41, 5.74) is 2.68. The predicted octanol–water partition coefficient (Wildman–Crippen LogP) is 0.256. The lowest BCUT2D eigenvalue weighted by atomic mass is 9.85. The van der Waals surface area contributed by atoms with Crippen molar-refractivity contribution in [1.29, 1.82) is 0 Å². The van der Waals surface area contributed by atoms with Crippen molar-refractivity contribution in [1.82, 2.24) is 15.3 Å². The molecule has 16 heavy (non-hydrogen) atoms. The summed E-state index contributed by atoms with van der Waals surface area (Å²) in [5.74, 6) is 0.0469. The van der Waals surface area contributed by atoms with Gasteiger partial charge in [0.2, 0.25) is 5.91 Å². The van der Waals surface area contributed by atoms with E-state index in [1.54, 1.807) is 0 Å². The first-order chi connectivity index (χ1) is 7.57. The van der Waals surface area contributed by atoms with Crippen molar-refractivity contribution in [3.63, 3.8) is 0 Å². The first-order valence-electron chi connectivity index (χ1n) is 5.62. The molecule has 0 aromatic heterocycles. The molecule has 0 saturated carbocycles. The molecule has 2 aliphatic heterocycles. The maximum absolute atomic E-state index is 11.4. The number of hydrogen-bond acceptors (Lipinski definition) is 3. The number of carbonyl (C=O) groups is 2. The molecule has 2 aliphatic rings. The van der Waals surface area contributed by atoms with E-state index in [1.807, 2.05) is 11.9 Å². The normalized spacial score (nSPS) is 24.8. The van der Waals surface area contributed by atoms with E-state index in [2.05, 4.69) is 5.43 Å². The van der Waals surface area contributed by atoms with Gasteiger partial charge in [0.25, 0.3) is 0 Å². The van der Waals surface area contributed by atoms with Crippen LogP contribution in [-0.4, -0.2) is 52.2 Å². The van der Waals surface area contributed by atoms with Crippen molar-refractivity contribution in [3.8, 4) is 0 Å². The van der Waals surface area contributed by atoms with Gasteiger partial charge in [0.1, 0.15) is 0 Å². The van der Waals surface area contributed by atoms with Crippen molar-refractivity contribution < 1.29 is 14.7 Å². The summed E-state index contributed by atoms with van der Waals surface area (Å²) in [5, 5.41) is 10.8. The molecule has 2 heterocycles. The Morgan fingerprint density at radius 1 is 1.50 bits per heavy atom. The third kappa shape index (κ3) is 1.73. The van der Waals surface area contributed by atoms with Crippen LogP contribution in [0.5, 0.6) is 0 Å². The minimum absolute atomic E-state index is 0.0469. The topological polar surface area (TPSA) is 72.9 Å². The van der Waals surface area contributed by atoms with Gasteiger partial charge in [-0.1, -0.05) is 6.92 Å². The molecule has 0 aromatic carbocycles. The number of hydrogen-bond donors (Lipinski definition) is 2. The van der Waals surface area contributed by atoms with Gasteiger partial charge in [0, 0.05) is 26.1 Å². The summed E-state index contributed by atoms with van der Waals surface area (Å²) in [6, 6.07) is 0. The second kappa shape index (κ2) is 3.93. The zero-order valence-corrected chi connectivity index (χ0v) is 9.40. The van der Waals surface area contributed by atoms with Crippen LogP contribution in [0.2, 0.25) is 0 Å². The van der Waals surface area contributed by atoms with E-state index in [0.29, 0.717) is 19.5 Å². The molecule has 2 saturated heterocycles. The Kier molecular flexibility index (Phi) is 2.75. The largest absolute Gasteiger partial charge is 0.465 e. The highest BCUT2D eigenvalue weighted by Gasteiger charge is 2.46. The number of nitrogens with zero attached hydrogens (tertiary/aromatic N) is 2. The van der Waals surface area contributed by atoms with Crippen LogP contribution in [0.25, 0.3) is 0 Å². The lowest BCUT2D eigenvalue weighted by molar-refractivity contribution is -0.120. The molecule has 2 N–H and O–H groups in total. The Morgan fingerprint density at radius 2 is 2.12 bits per heavy atom.